The lowest BCUT2D eigenvalue weighted by Gasteiger charge is -2.44. The van der Waals surface area contributed by atoms with Crippen molar-refractivity contribution >= 4 is 0 Å². The van der Waals surface area contributed by atoms with E-state index in [4.69, 9.17) is 4.74 Å². The van der Waals surface area contributed by atoms with E-state index in [1.807, 2.05) is 0 Å². The molecule has 0 aromatic heterocycles. The van der Waals surface area contributed by atoms with Gasteiger partial charge in [0.1, 0.15) is 0 Å². The Balaban J connectivity index is 2.02. The molecule has 17 heavy (non-hydrogen) atoms. The van der Waals surface area contributed by atoms with Crippen molar-refractivity contribution in [2.75, 3.05) is 13.7 Å². The summed E-state index contributed by atoms with van der Waals surface area (Å²) in [5, 5.41) is 10.8. The minimum Gasteiger partial charge on any atom is -0.392 e. The molecular formula is C15H28O2. The minimum absolute atomic E-state index is 0.0784. The molecule has 0 unspecified atom stereocenters. The Kier molecular flexibility index (Phi) is 4.87. The Hall–Kier alpha value is -0.0800. The molecule has 2 fully saturated rings. The molecule has 2 aliphatic rings. The van der Waals surface area contributed by atoms with Gasteiger partial charge in [-0.15, -0.1) is 0 Å². The molecule has 100 valence electrons. The van der Waals surface area contributed by atoms with Gasteiger partial charge < -0.3 is 9.84 Å². The van der Waals surface area contributed by atoms with Crippen LogP contribution >= 0.6 is 0 Å². The average molecular weight is 240 g/mol. The van der Waals surface area contributed by atoms with Crippen LogP contribution < -0.4 is 0 Å². The minimum atomic E-state index is -0.122. The third-order valence-electron chi connectivity index (χ3n) is 5.00. The van der Waals surface area contributed by atoms with Crippen molar-refractivity contribution in [2.45, 2.75) is 70.3 Å². The van der Waals surface area contributed by atoms with Gasteiger partial charge in [-0.25, -0.2) is 0 Å². The van der Waals surface area contributed by atoms with Gasteiger partial charge in [-0.1, -0.05) is 38.5 Å². The Labute approximate surface area is 106 Å². The maximum absolute atomic E-state index is 10.8. The van der Waals surface area contributed by atoms with E-state index in [1.165, 1.54) is 64.2 Å². The Bertz CT molecular complexity index is 209. The van der Waals surface area contributed by atoms with E-state index < -0.39 is 0 Å². The molecule has 0 saturated heterocycles. The van der Waals surface area contributed by atoms with Crippen LogP contribution in [0.5, 0.6) is 0 Å². The van der Waals surface area contributed by atoms with Gasteiger partial charge in [0.25, 0.3) is 0 Å². The third-order valence-corrected chi connectivity index (χ3v) is 5.00. The molecule has 0 heterocycles. The normalized spacial score (nSPS) is 27.9. The molecule has 0 bridgehead atoms. The van der Waals surface area contributed by atoms with Gasteiger partial charge >= 0.3 is 0 Å². The van der Waals surface area contributed by atoms with Crippen molar-refractivity contribution in [1.82, 2.24) is 0 Å². The smallest absolute Gasteiger partial charge is 0.0646 e. The molecule has 0 aromatic carbocycles. The second kappa shape index (κ2) is 6.19. The van der Waals surface area contributed by atoms with E-state index in [9.17, 15) is 5.11 Å². The first-order valence-corrected chi connectivity index (χ1v) is 7.45. The number of hydrogen-bond donors (Lipinski definition) is 1. The van der Waals surface area contributed by atoms with Crippen molar-refractivity contribution in [3.05, 3.63) is 0 Å². The summed E-state index contributed by atoms with van der Waals surface area (Å²) in [6, 6.07) is 0. The summed E-state index contributed by atoms with van der Waals surface area (Å²) in [6.07, 6.45) is 12.5. The van der Waals surface area contributed by atoms with Gasteiger partial charge in [0, 0.05) is 12.5 Å². The summed E-state index contributed by atoms with van der Waals surface area (Å²) >= 11 is 0. The highest BCUT2D eigenvalue weighted by Gasteiger charge is 2.42. The van der Waals surface area contributed by atoms with Gasteiger partial charge in [-0.2, -0.15) is 0 Å². The molecule has 0 amide bonds. The van der Waals surface area contributed by atoms with Crippen molar-refractivity contribution in [3.63, 3.8) is 0 Å². The van der Waals surface area contributed by atoms with Gasteiger partial charge in [-0.3, -0.25) is 0 Å². The Morgan fingerprint density at radius 1 is 1.06 bits per heavy atom. The zero-order chi connectivity index (χ0) is 12.1. The fraction of sp³-hybridized carbons (Fsp3) is 1.00. The number of aliphatic hydroxyl groups excluding tert-OH is 1. The molecular weight excluding hydrogens is 212 g/mol. The van der Waals surface area contributed by atoms with E-state index in [0.717, 1.165) is 6.61 Å². The molecule has 1 N–H and O–H groups in total. The summed E-state index contributed by atoms with van der Waals surface area (Å²) in [5.74, 6) is 0.539. The lowest BCUT2D eigenvalue weighted by atomic mass is 9.65. The second-order valence-corrected chi connectivity index (χ2v) is 6.20. The molecule has 2 heteroatoms. The summed E-state index contributed by atoms with van der Waals surface area (Å²) in [5.41, 5.74) is 0.0784. The second-order valence-electron chi connectivity index (χ2n) is 6.20. The molecule has 0 aromatic rings. The molecule has 2 aliphatic carbocycles. The van der Waals surface area contributed by atoms with Crippen LogP contribution in [0.1, 0.15) is 64.2 Å². The van der Waals surface area contributed by atoms with Crippen LogP contribution in [0.4, 0.5) is 0 Å². The monoisotopic (exact) mass is 240 g/mol. The SMILES string of the molecule is COCC1([C@@H](O)C2CCCCC2)CCCCC1. The summed E-state index contributed by atoms with van der Waals surface area (Å²) in [7, 11) is 1.78. The topological polar surface area (TPSA) is 29.5 Å². The fourth-order valence-electron chi connectivity index (χ4n) is 4.02. The number of ether oxygens (including phenoxy) is 1. The van der Waals surface area contributed by atoms with Gasteiger partial charge in [-0.05, 0) is 31.6 Å². The fourth-order valence-corrected chi connectivity index (χ4v) is 4.02. The average Bonchev–Trinajstić information content (AvgIpc) is 2.40. The predicted molar refractivity (Wildman–Crippen MR) is 70.0 cm³/mol. The lowest BCUT2D eigenvalue weighted by Crippen LogP contribution is -2.45. The maximum Gasteiger partial charge on any atom is 0.0646 e. The van der Waals surface area contributed by atoms with Gasteiger partial charge in [0.2, 0.25) is 0 Å². The number of aliphatic hydroxyl groups is 1. The first-order valence-electron chi connectivity index (χ1n) is 7.45. The third kappa shape index (κ3) is 3.03. The molecule has 2 nitrogen and oxygen atoms in total. The quantitative estimate of drug-likeness (QED) is 0.814. The van der Waals surface area contributed by atoms with Crippen LogP contribution in [0.25, 0.3) is 0 Å². The van der Waals surface area contributed by atoms with E-state index in [-0.39, 0.29) is 11.5 Å². The van der Waals surface area contributed by atoms with E-state index in [2.05, 4.69) is 0 Å². The highest BCUT2D eigenvalue weighted by atomic mass is 16.5. The maximum atomic E-state index is 10.8. The highest BCUT2D eigenvalue weighted by Crippen LogP contribution is 2.44. The number of rotatable bonds is 4. The highest BCUT2D eigenvalue weighted by molar-refractivity contribution is 4.93. The molecule has 2 rings (SSSR count). The zero-order valence-electron chi connectivity index (χ0n) is 11.3. The van der Waals surface area contributed by atoms with Crippen molar-refractivity contribution in [3.8, 4) is 0 Å². The van der Waals surface area contributed by atoms with E-state index >= 15 is 0 Å². The summed E-state index contributed by atoms with van der Waals surface area (Å²) < 4.78 is 5.44. The van der Waals surface area contributed by atoms with Crippen molar-refractivity contribution < 1.29 is 9.84 Å². The Morgan fingerprint density at radius 3 is 2.24 bits per heavy atom. The zero-order valence-corrected chi connectivity index (χ0v) is 11.3. The van der Waals surface area contributed by atoms with Crippen LogP contribution in [0.2, 0.25) is 0 Å². The van der Waals surface area contributed by atoms with Crippen molar-refractivity contribution in [1.29, 1.82) is 0 Å². The standard InChI is InChI=1S/C15H28O2/c1-17-12-15(10-6-3-7-11-15)14(16)13-8-4-2-5-9-13/h13-14,16H,2-12H2,1H3/t14-/m0/s1. The van der Waals surface area contributed by atoms with E-state index in [1.54, 1.807) is 7.11 Å². The largest absolute Gasteiger partial charge is 0.392 e. The molecule has 0 aliphatic heterocycles. The number of hydrogen-bond acceptors (Lipinski definition) is 2. The molecule has 0 radical (unpaired) electrons. The summed E-state index contributed by atoms with van der Waals surface area (Å²) in [4.78, 5) is 0. The van der Waals surface area contributed by atoms with E-state index in [0.29, 0.717) is 5.92 Å². The van der Waals surface area contributed by atoms with Crippen molar-refractivity contribution in [2.24, 2.45) is 11.3 Å². The van der Waals surface area contributed by atoms with Crippen LogP contribution in [0.3, 0.4) is 0 Å². The molecule has 2 saturated carbocycles. The molecule has 1 atom stereocenters. The van der Waals surface area contributed by atoms with Crippen LogP contribution in [-0.4, -0.2) is 24.9 Å². The lowest BCUT2D eigenvalue weighted by molar-refractivity contribution is -0.0881. The Morgan fingerprint density at radius 2 is 1.65 bits per heavy atom. The van der Waals surface area contributed by atoms with Gasteiger partial charge in [0.15, 0.2) is 0 Å². The van der Waals surface area contributed by atoms with Crippen LogP contribution in [0, 0.1) is 11.3 Å². The first kappa shape index (κ1) is 13.4. The first-order chi connectivity index (χ1) is 8.28. The van der Waals surface area contributed by atoms with Crippen LogP contribution in [0.15, 0.2) is 0 Å². The summed E-state index contributed by atoms with van der Waals surface area (Å²) in [6.45, 7) is 0.755. The van der Waals surface area contributed by atoms with Crippen LogP contribution in [-0.2, 0) is 4.74 Å². The number of methoxy groups -OCH3 is 1. The van der Waals surface area contributed by atoms with Gasteiger partial charge in [0.05, 0.1) is 12.7 Å². The molecule has 0 spiro atoms. The predicted octanol–water partition coefficient (Wildman–Crippen LogP) is 3.52.